The predicted molar refractivity (Wildman–Crippen MR) is 46.8 cm³/mol. The zero-order valence-electron chi connectivity index (χ0n) is 7.58. The fraction of sp³-hybridized carbons (Fsp3) is 0.800. The zero-order chi connectivity index (χ0) is 8.60. The van der Waals surface area contributed by atoms with Crippen molar-refractivity contribution < 1.29 is 9.47 Å². The van der Waals surface area contributed by atoms with E-state index in [9.17, 15) is 0 Å². The van der Waals surface area contributed by atoms with Gasteiger partial charge in [0.15, 0.2) is 0 Å². The SMILES string of the molecule is C=COCC1CCC2(C)OC2C1. The molecule has 1 heterocycles. The van der Waals surface area contributed by atoms with Gasteiger partial charge in [-0.2, -0.15) is 0 Å². The normalized spacial score (nSPS) is 44.8. The minimum Gasteiger partial charge on any atom is -0.502 e. The third-order valence-corrected chi connectivity index (χ3v) is 3.08. The first-order valence-electron chi connectivity index (χ1n) is 4.65. The fourth-order valence-electron chi connectivity index (χ4n) is 2.08. The van der Waals surface area contributed by atoms with Crippen molar-refractivity contribution in [3.63, 3.8) is 0 Å². The Kier molecular flexibility index (Phi) is 1.87. The summed E-state index contributed by atoms with van der Waals surface area (Å²) >= 11 is 0. The van der Waals surface area contributed by atoms with Crippen LogP contribution in [0.25, 0.3) is 0 Å². The number of fused-ring (bicyclic) bond motifs is 1. The highest BCUT2D eigenvalue weighted by atomic mass is 16.6. The standard InChI is InChI=1S/C10H16O2/c1-3-11-7-8-4-5-10(2)9(6-8)12-10/h3,8-9H,1,4-7H2,2H3. The second-order valence-corrected chi connectivity index (χ2v) is 4.06. The highest BCUT2D eigenvalue weighted by Gasteiger charge is 2.55. The number of epoxide rings is 1. The van der Waals surface area contributed by atoms with E-state index < -0.39 is 0 Å². The molecule has 12 heavy (non-hydrogen) atoms. The Morgan fingerprint density at radius 2 is 2.58 bits per heavy atom. The lowest BCUT2D eigenvalue weighted by molar-refractivity contribution is 0.168. The van der Waals surface area contributed by atoms with Crippen LogP contribution in [0.3, 0.4) is 0 Å². The quantitative estimate of drug-likeness (QED) is 0.475. The van der Waals surface area contributed by atoms with Gasteiger partial charge in [-0.05, 0) is 32.1 Å². The summed E-state index contributed by atoms with van der Waals surface area (Å²) < 4.78 is 10.8. The largest absolute Gasteiger partial charge is 0.502 e. The fourth-order valence-corrected chi connectivity index (χ4v) is 2.08. The first-order valence-corrected chi connectivity index (χ1v) is 4.65. The van der Waals surface area contributed by atoms with Gasteiger partial charge in [-0.1, -0.05) is 6.58 Å². The topological polar surface area (TPSA) is 21.8 Å². The third-order valence-electron chi connectivity index (χ3n) is 3.08. The molecule has 3 unspecified atom stereocenters. The molecule has 1 saturated carbocycles. The van der Waals surface area contributed by atoms with Crippen molar-refractivity contribution in [2.24, 2.45) is 5.92 Å². The third kappa shape index (κ3) is 1.36. The van der Waals surface area contributed by atoms with Crippen LogP contribution in [0.5, 0.6) is 0 Å². The van der Waals surface area contributed by atoms with E-state index in [4.69, 9.17) is 9.47 Å². The Morgan fingerprint density at radius 3 is 3.25 bits per heavy atom. The van der Waals surface area contributed by atoms with E-state index in [-0.39, 0.29) is 5.60 Å². The molecule has 3 atom stereocenters. The Labute approximate surface area is 73.5 Å². The molecule has 2 fully saturated rings. The van der Waals surface area contributed by atoms with Gasteiger partial charge in [-0.25, -0.2) is 0 Å². The highest BCUT2D eigenvalue weighted by Crippen LogP contribution is 2.49. The van der Waals surface area contributed by atoms with Crippen LogP contribution in [-0.2, 0) is 9.47 Å². The summed E-state index contributed by atoms with van der Waals surface area (Å²) in [7, 11) is 0. The Bertz CT molecular complexity index is 190. The van der Waals surface area contributed by atoms with Crippen molar-refractivity contribution in [2.45, 2.75) is 37.9 Å². The molecule has 68 valence electrons. The summed E-state index contributed by atoms with van der Waals surface area (Å²) in [4.78, 5) is 0. The van der Waals surface area contributed by atoms with E-state index in [1.165, 1.54) is 25.5 Å². The number of rotatable bonds is 3. The molecule has 1 aliphatic heterocycles. The van der Waals surface area contributed by atoms with Crippen LogP contribution in [-0.4, -0.2) is 18.3 Å². The average Bonchev–Trinajstić information content (AvgIpc) is 2.72. The Balaban J connectivity index is 1.78. The molecule has 1 saturated heterocycles. The zero-order valence-corrected chi connectivity index (χ0v) is 7.58. The van der Waals surface area contributed by atoms with E-state index in [0.717, 1.165) is 6.61 Å². The van der Waals surface area contributed by atoms with Gasteiger partial charge in [0.2, 0.25) is 0 Å². The minimum absolute atomic E-state index is 0.241. The molecule has 0 N–H and O–H groups in total. The van der Waals surface area contributed by atoms with Crippen molar-refractivity contribution >= 4 is 0 Å². The Morgan fingerprint density at radius 1 is 1.75 bits per heavy atom. The van der Waals surface area contributed by atoms with E-state index in [1.807, 2.05) is 0 Å². The van der Waals surface area contributed by atoms with Crippen LogP contribution in [0.15, 0.2) is 12.8 Å². The smallest absolute Gasteiger partial charge is 0.0920 e. The molecule has 0 radical (unpaired) electrons. The number of hydrogen-bond donors (Lipinski definition) is 0. The van der Waals surface area contributed by atoms with Crippen molar-refractivity contribution in [3.8, 4) is 0 Å². The van der Waals surface area contributed by atoms with Crippen LogP contribution in [0.2, 0.25) is 0 Å². The van der Waals surface area contributed by atoms with Crippen LogP contribution in [0, 0.1) is 5.92 Å². The van der Waals surface area contributed by atoms with E-state index in [1.54, 1.807) is 0 Å². The Hall–Kier alpha value is -0.500. The van der Waals surface area contributed by atoms with Gasteiger partial charge in [0.1, 0.15) is 0 Å². The van der Waals surface area contributed by atoms with Crippen molar-refractivity contribution in [2.75, 3.05) is 6.61 Å². The molecule has 0 aromatic carbocycles. The van der Waals surface area contributed by atoms with E-state index in [2.05, 4.69) is 13.5 Å². The van der Waals surface area contributed by atoms with E-state index >= 15 is 0 Å². The number of hydrogen-bond acceptors (Lipinski definition) is 2. The second kappa shape index (κ2) is 2.77. The second-order valence-electron chi connectivity index (χ2n) is 4.06. The molecule has 1 aliphatic carbocycles. The molecule has 2 aliphatic rings. The van der Waals surface area contributed by atoms with Crippen LogP contribution < -0.4 is 0 Å². The maximum Gasteiger partial charge on any atom is 0.0920 e. The number of ether oxygens (including phenoxy) is 2. The van der Waals surface area contributed by atoms with Gasteiger partial charge < -0.3 is 9.47 Å². The molecule has 2 rings (SSSR count). The molecule has 0 bridgehead atoms. The van der Waals surface area contributed by atoms with E-state index in [0.29, 0.717) is 12.0 Å². The van der Waals surface area contributed by atoms with Crippen LogP contribution in [0.1, 0.15) is 26.2 Å². The first-order chi connectivity index (χ1) is 5.74. The van der Waals surface area contributed by atoms with Crippen LogP contribution in [0.4, 0.5) is 0 Å². The van der Waals surface area contributed by atoms with Crippen molar-refractivity contribution in [3.05, 3.63) is 12.8 Å². The summed E-state index contributed by atoms with van der Waals surface area (Å²) in [6.07, 6.45) is 5.65. The minimum atomic E-state index is 0.241. The maximum atomic E-state index is 5.59. The van der Waals surface area contributed by atoms with Gasteiger partial charge >= 0.3 is 0 Å². The van der Waals surface area contributed by atoms with Crippen LogP contribution >= 0.6 is 0 Å². The van der Waals surface area contributed by atoms with Gasteiger partial charge in [0.05, 0.1) is 24.6 Å². The maximum absolute atomic E-state index is 5.59. The molecule has 0 aromatic rings. The molecule has 0 aromatic heterocycles. The highest BCUT2D eigenvalue weighted by molar-refractivity contribution is 5.03. The summed E-state index contributed by atoms with van der Waals surface area (Å²) in [6.45, 7) is 6.56. The van der Waals surface area contributed by atoms with Crippen molar-refractivity contribution in [1.29, 1.82) is 0 Å². The first kappa shape index (κ1) is 8.11. The van der Waals surface area contributed by atoms with Gasteiger partial charge in [0.25, 0.3) is 0 Å². The lowest BCUT2D eigenvalue weighted by atomic mass is 9.83. The van der Waals surface area contributed by atoms with Gasteiger partial charge in [0, 0.05) is 0 Å². The van der Waals surface area contributed by atoms with Crippen molar-refractivity contribution in [1.82, 2.24) is 0 Å². The lowest BCUT2D eigenvalue weighted by Crippen LogP contribution is -2.23. The summed E-state index contributed by atoms with van der Waals surface area (Å²) in [5, 5.41) is 0. The molecular formula is C10H16O2. The van der Waals surface area contributed by atoms with Gasteiger partial charge in [-0.15, -0.1) is 0 Å². The summed E-state index contributed by atoms with van der Waals surface area (Å²) in [5.41, 5.74) is 0.241. The lowest BCUT2D eigenvalue weighted by Gasteiger charge is -2.21. The molecule has 0 spiro atoms. The molecule has 2 nitrogen and oxygen atoms in total. The molecule has 0 amide bonds. The monoisotopic (exact) mass is 168 g/mol. The van der Waals surface area contributed by atoms with Gasteiger partial charge in [-0.3, -0.25) is 0 Å². The molecule has 2 heteroatoms. The summed E-state index contributed by atoms with van der Waals surface area (Å²) in [5.74, 6) is 0.684. The average molecular weight is 168 g/mol. The predicted octanol–water partition coefficient (Wildman–Crippen LogP) is 2.10. The summed E-state index contributed by atoms with van der Waals surface area (Å²) in [6, 6.07) is 0. The molecular weight excluding hydrogens is 152 g/mol.